The van der Waals surface area contributed by atoms with E-state index in [1.54, 1.807) is 13.3 Å². The number of nitrogens with one attached hydrogen (secondary N) is 1. The molecule has 0 amide bonds. The van der Waals surface area contributed by atoms with Crippen molar-refractivity contribution in [3.63, 3.8) is 0 Å². The molecular formula is C12H20N2O2. The molecule has 1 unspecified atom stereocenters. The van der Waals surface area contributed by atoms with E-state index in [0.717, 1.165) is 25.3 Å². The summed E-state index contributed by atoms with van der Waals surface area (Å²) < 4.78 is 10.4. The molecule has 1 aromatic rings. The van der Waals surface area contributed by atoms with Crippen molar-refractivity contribution in [2.75, 3.05) is 20.3 Å². The van der Waals surface area contributed by atoms with E-state index in [-0.39, 0.29) is 0 Å². The van der Waals surface area contributed by atoms with Gasteiger partial charge in [0.05, 0.1) is 13.7 Å². The highest BCUT2D eigenvalue weighted by atomic mass is 16.5. The number of pyridine rings is 1. The Balaban J connectivity index is 2.35. The minimum atomic E-state index is 0.346. The fourth-order valence-corrected chi connectivity index (χ4v) is 1.32. The molecule has 4 heteroatoms. The summed E-state index contributed by atoms with van der Waals surface area (Å²) in [6.07, 6.45) is 1.75. The third kappa shape index (κ3) is 4.59. The van der Waals surface area contributed by atoms with E-state index < -0.39 is 0 Å². The van der Waals surface area contributed by atoms with E-state index >= 15 is 0 Å². The summed E-state index contributed by atoms with van der Waals surface area (Å²) in [6, 6.07) is 4.25. The topological polar surface area (TPSA) is 43.4 Å². The molecule has 0 aromatic carbocycles. The Kier molecular flexibility index (Phi) is 5.82. The number of nitrogens with zero attached hydrogens (tertiary/aromatic N) is 1. The van der Waals surface area contributed by atoms with Crippen LogP contribution in [0.2, 0.25) is 0 Å². The molecule has 0 saturated carbocycles. The van der Waals surface area contributed by atoms with Gasteiger partial charge in [-0.25, -0.2) is 4.98 Å². The average Bonchev–Trinajstić information content (AvgIpc) is 2.34. The minimum Gasteiger partial charge on any atom is -0.481 e. The van der Waals surface area contributed by atoms with Crippen molar-refractivity contribution in [3.05, 3.63) is 23.9 Å². The summed E-state index contributed by atoms with van der Waals surface area (Å²) in [5.74, 6) is 0.650. The lowest BCUT2D eigenvalue weighted by Gasteiger charge is -2.13. The Morgan fingerprint density at radius 2 is 2.31 bits per heavy atom. The van der Waals surface area contributed by atoms with Gasteiger partial charge >= 0.3 is 0 Å². The van der Waals surface area contributed by atoms with Crippen LogP contribution in [0.1, 0.15) is 19.4 Å². The van der Waals surface area contributed by atoms with E-state index in [0.29, 0.717) is 11.9 Å². The molecule has 0 aliphatic rings. The van der Waals surface area contributed by atoms with Gasteiger partial charge in [-0.1, -0.05) is 0 Å². The van der Waals surface area contributed by atoms with Crippen LogP contribution in [0.15, 0.2) is 18.3 Å². The summed E-state index contributed by atoms with van der Waals surface area (Å²) in [6.45, 7) is 6.40. The Hall–Kier alpha value is -1.13. The van der Waals surface area contributed by atoms with Crippen LogP contribution in [0, 0.1) is 0 Å². The normalized spacial score (nSPS) is 12.4. The van der Waals surface area contributed by atoms with Gasteiger partial charge in [0.1, 0.15) is 0 Å². The summed E-state index contributed by atoms with van der Waals surface area (Å²) in [5.41, 5.74) is 1.16. The van der Waals surface area contributed by atoms with Crippen LogP contribution in [-0.2, 0) is 11.3 Å². The number of ether oxygens (including phenoxy) is 2. The standard InChI is InChI=1S/C12H20N2O2/c1-4-16-9-10(2)14-8-11-5-6-13-12(7-11)15-3/h5-7,10,14H,4,8-9H2,1-3H3. The smallest absolute Gasteiger partial charge is 0.213 e. The van der Waals surface area contributed by atoms with Gasteiger partial charge in [-0.2, -0.15) is 0 Å². The largest absolute Gasteiger partial charge is 0.481 e. The Morgan fingerprint density at radius 1 is 1.50 bits per heavy atom. The SMILES string of the molecule is CCOCC(C)NCc1ccnc(OC)c1. The second-order valence-corrected chi connectivity index (χ2v) is 3.65. The lowest BCUT2D eigenvalue weighted by Crippen LogP contribution is -2.30. The van der Waals surface area contributed by atoms with E-state index in [1.807, 2.05) is 19.1 Å². The minimum absolute atomic E-state index is 0.346. The highest BCUT2D eigenvalue weighted by Gasteiger charge is 2.02. The maximum absolute atomic E-state index is 5.33. The average molecular weight is 224 g/mol. The monoisotopic (exact) mass is 224 g/mol. The fourth-order valence-electron chi connectivity index (χ4n) is 1.32. The van der Waals surface area contributed by atoms with Crippen molar-refractivity contribution in [2.45, 2.75) is 26.4 Å². The molecule has 16 heavy (non-hydrogen) atoms. The number of hydrogen-bond acceptors (Lipinski definition) is 4. The van der Waals surface area contributed by atoms with Gasteiger partial charge < -0.3 is 14.8 Å². The Bertz CT molecular complexity index is 305. The molecule has 4 nitrogen and oxygen atoms in total. The molecule has 0 radical (unpaired) electrons. The highest BCUT2D eigenvalue weighted by Crippen LogP contribution is 2.08. The molecule has 90 valence electrons. The van der Waals surface area contributed by atoms with Gasteiger partial charge in [0, 0.05) is 31.5 Å². The van der Waals surface area contributed by atoms with Gasteiger partial charge in [-0.05, 0) is 25.5 Å². The number of hydrogen-bond donors (Lipinski definition) is 1. The van der Waals surface area contributed by atoms with Crippen molar-refractivity contribution in [1.82, 2.24) is 10.3 Å². The number of rotatable bonds is 7. The van der Waals surface area contributed by atoms with Gasteiger partial charge in [-0.3, -0.25) is 0 Å². The third-order valence-corrected chi connectivity index (χ3v) is 2.24. The fraction of sp³-hybridized carbons (Fsp3) is 0.583. The van der Waals surface area contributed by atoms with Crippen LogP contribution < -0.4 is 10.1 Å². The first kappa shape index (κ1) is 12.9. The molecule has 0 spiro atoms. The molecule has 0 aliphatic heterocycles. The molecule has 1 N–H and O–H groups in total. The predicted molar refractivity (Wildman–Crippen MR) is 63.6 cm³/mol. The molecule has 0 fully saturated rings. The zero-order valence-electron chi connectivity index (χ0n) is 10.2. The summed E-state index contributed by atoms with van der Waals surface area (Å²) in [4.78, 5) is 4.06. The molecular weight excluding hydrogens is 204 g/mol. The van der Waals surface area contributed by atoms with Crippen LogP contribution >= 0.6 is 0 Å². The van der Waals surface area contributed by atoms with Crippen molar-refractivity contribution < 1.29 is 9.47 Å². The second-order valence-electron chi connectivity index (χ2n) is 3.65. The zero-order chi connectivity index (χ0) is 11.8. The molecule has 1 heterocycles. The quantitative estimate of drug-likeness (QED) is 0.764. The zero-order valence-corrected chi connectivity index (χ0v) is 10.2. The lowest BCUT2D eigenvalue weighted by molar-refractivity contribution is 0.127. The highest BCUT2D eigenvalue weighted by molar-refractivity contribution is 5.20. The molecule has 1 rings (SSSR count). The van der Waals surface area contributed by atoms with Gasteiger partial charge in [0.25, 0.3) is 0 Å². The summed E-state index contributed by atoms with van der Waals surface area (Å²) in [7, 11) is 1.62. The number of aromatic nitrogens is 1. The first-order valence-corrected chi connectivity index (χ1v) is 5.56. The van der Waals surface area contributed by atoms with Crippen molar-refractivity contribution >= 4 is 0 Å². The van der Waals surface area contributed by atoms with E-state index in [4.69, 9.17) is 9.47 Å². The van der Waals surface area contributed by atoms with E-state index in [1.165, 1.54) is 0 Å². The predicted octanol–water partition coefficient (Wildman–Crippen LogP) is 1.60. The molecule has 0 saturated heterocycles. The lowest BCUT2D eigenvalue weighted by atomic mass is 10.2. The van der Waals surface area contributed by atoms with Crippen LogP contribution in [0.4, 0.5) is 0 Å². The van der Waals surface area contributed by atoms with Crippen LogP contribution in [-0.4, -0.2) is 31.3 Å². The molecule has 1 atom stereocenters. The van der Waals surface area contributed by atoms with E-state index in [2.05, 4.69) is 17.2 Å². The van der Waals surface area contributed by atoms with Gasteiger partial charge in [0.2, 0.25) is 5.88 Å². The Morgan fingerprint density at radius 3 is 3.00 bits per heavy atom. The first-order valence-electron chi connectivity index (χ1n) is 5.56. The van der Waals surface area contributed by atoms with Crippen LogP contribution in [0.3, 0.4) is 0 Å². The van der Waals surface area contributed by atoms with Crippen molar-refractivity contribution in [3.8, 4) is 5.88 Å². The second kappa shape index (κ2) is 7.19. The van der Waals surface area contributed by atoms with Crippen LogP contribution in [0.25, 0.3) is 0 Å². The van der Waals surface area contributed by atoms with Crippen LogP contribution in [0.5, 0.6) is 5.88 Å². The number of methoxy groups -OCH3 is 1. The van der Waals surface area contributed by atoms with E-state index in [9.17, 15) is 0 Å². The van der Waals surface area contributed by atoms with Crippen molar-refractivity contribution in [1.29, 1.82) is 0 Å². The van der Waals surface area contributed by atoms with Crippen molar-refractivity contribution in [2.24, 2.45) is 0 Å². The molecule has 0 aliphatic carbocycles. The first-order chi connectivity index (χ1) is 7.76. The molecule has 0 bridgehead atoms. The maximum atomic E-state index is 5.33. The maximum Gasteiger partial charge on any atom is 0.213 e. The Labute approximate surface area is 97.0 Å². The summed E-state index contributed by atoms with van der Waals surface area (Å²) in [5, 5.41) is 3.38. The third-order valence-electron chi connectivity index (χ3n) is 2.24. The summed E-state index contributed by atoms with van der Waals surface area (Å²) >= 11 is 0. The molecule has 1 aromatic heterocycles. The van der Waals surface area contributed by atoms with Gasteiger partial charge in [-0.15, -0.1) is 0 Å². The van der Waals surface area contributed by atoms with Gasteiger partial charge in [0.15, 0.2) is 0 Å².